The van der Waals surface area contributed by atoms with E-state index in [4.69, 9.17) is 76.2 Å². The van der Waals surface area contributed by atoms with Gasteiger partial charge < -0.3 is 158 Å². The number of allylic oxidation sites excluding steroid dienone is 3. The van der Waals surface area contributed by atoms with Gasteiger partial charge in [-0.25, -0.2) is 14.4 Å². The Morgan fingerprint density at radius 3 is 1.43 bits per heavy atom. The molecular formula is C71H108O37. The maximum atomic E-state index is 13.7. The number of hydrogen-bond acceptors (Lipinski definition) is 36. The van der Waals surface area contributed by atoms with Crippen LogP contribution in [0.1, 0.15) is 109 Å². The number of esters is 4. The molecule has 0 amide bonds. The summed E-state index contributed by atoms with van der Waals surface area (Å²) in [5.41, 5.74) is 0. The second kappa shape index (κ2) is 39.5. The first-order chi connectivity index (χ1) is 51.5. The summed E-state index contributed by atoms with van der Waals surface area (Å²) in [4.78, 5) is 63.4. The summed E-state index contributed by atoms with van der Waals surface area (Å²) in [6.07, 6.45) is -36.1. The van der Waals surface area contributed by atoms with Crippen molar-refractivity contribution in [1.82, 2.24) is 0 Å². The van der Waals surface area contributed by atoms with Crippen molar-refractivity contribution in [3.8, 4) is 0 Å². The fraction of sp³-hybridized carbons (Fsp3) is 0.845. The SMILES string of the molecule is COC1CC(C=CC(=O)OC[C@H]2O[C@@H](OC3CCC(C=CC(=O)OC[C@H]4O[C@@H](OC5CC6C(CC(O)CC6O[C@@H]6O[C@H](COC(=O)CC(=O)O)[C@@H](O)[C@H](O)[C@H]6O)OC5C5CCC(O)C(O)C5)[C@H](O[C@@H]5O[C@H](CO)[C@@H](O)[C@H](O)[C@H]5OC(=O)C=CC5CCC(O)C(OC)C5)[C@@H](O)[C@@H]4O)CC3)[C@H](O)[C@@H](O)[C@@H]2O)CCC1O. The molecule has 0 aromatic carbocycles. The van der Waals surface area contributed by atoms with Gasteiger partial charge in [0.15, 0.2) is 31.3 Å². The predicted octanol–water partition coefficient (Wildman–Crippen LogP) is -5.29. The monoisotopic (exact) mass is 1550 g/mol. The zero-order valence-electron chi connectivity index (χ0n) is 59.9. The number of carbonyl (C=O) groups excluding carboxylic acids is 4. The lowest BCUT2D eigenvalue weighted by molar-refractivity contribution is -0.380. The third-order valence-electron chi connectivity index (χ3n) is 22.7. The van der Waals surface area contributed by atoms with Crippen LogP contribution in [0, 0.1) is 29.6 Å². The van der Waals surface area contributed by atoms with Crippen molar-refractivity contribution in [2.24, 2.45) is 29.6 Å². The van der Waals surface area contributed by atoms with Gasteiger partial charge in [-0.3, -0.25) is 9.59 Å². The van der Waals surface area contributed by atoms with E-state index in [0.29, 0.717) is 64.2 Å². The van der Waals surface area contributed by atoms with Gasteiger partial charge in [0.05, 0.1) is 79.9 Å². The molecule has 37 heteroatoms. The van der Waals surface area contributed by atoms with Gasteiger partial charge in [-0.15, -0.1) is 0 Å². The third kappa shape index (κ3) is 21.9. The molecule has 37 nitrogen and oxygen atoms in total. The molecule has 17 N–H and O–H groups in total. The molecule has 5 saturated carbocycles. The third-order valence-corrected chi connectivity index (χ3v) is 22.7. The minimum Gasteiger partial charge on any atom is -0.481 e. The van der Waals surface area contributed by atoms with E-state index in [2.05, 4.69) is 0 Å². The fourth-order valence-corrected chi connectivity index (χ4v) is 16.3. The Hall–Kier alpha value is -4.51. The normalized spacial score (nSPS) is 45.5. The Labute approximate surface area is 621 Å². The smallest absolute Gasteiger partial charge is 0.330 e. The number of methoxy groups -OCH3 is 2. The van der Waals surface area contributed by atoms with Crippen molar-refractivity contribution < 1.29 is 182 Å². The molecule has 10 aliphatic rings. The zero-order chi connectivity index (χ0) is 77.9. The van der Waals surface area contributed by atoms with E-state index in [-0.39, 0.29) is 62.4 Å². The highest BCUT2D eigenvalue weighted by molar-refractivity contribution is 5.90. The second-order valence-electron chi connectivity index (χ2n) is 30.1. The Balaban J connectivity index is 0.842. The number of aliphatic carboxylic acids is 1. The van der Waals surface area contributed by atoms with Gasteiger partial charge in [-0.05, 0) is 120 Å². The fourth-order valence-electron chi connectivity index (χ4n) is 16.3. The van der Waals surface area contributed by atoms with E-state index in [1.807, 2.05) is 0 Å². The number of carbonyl (C=O) groups is 5. The topological polar surface area (TPSA) is 568 Å². The number of carboxylic acids is 1. The van der Waals surface area contributed by atoms with Gasteiger partial charge in [0, 0.05) is 44.8 Å². The van der Waals surface area contributed by atoms with Crippen molar-refractivity contribution in [2.45, 2.75) is 305 Å². The molecule has 0 aromatic rings. The molecule has 0 aromatic heterocycles. The van der Waals surface area contributed by atoms with E-state index >= 15 is 0 Å². The molecule has 35 atom stereocenters. The van der Waals surface area contributed by atoms with Gasteiger partial charge in [0.25, 0.3) is 0 Å². The minimum atomic E-state index is -2.16. The Morgan fingerprint density at radius 2 is 0.870 bits per heavy atom. The average Bonchev–Trinajstić information content (AvgIpc) is 0.763. The van der Waals surface area contributed by atoms with Crippen LogP contribution < -0.4 is 0 Å². The van der Waals surface area contributed by atoms with Gasteiger partial charge in [-0.2, -0.15) is 0 Å². The highest BCUT2D eigenvalue weighted by Crippen LogP contribution is 2.46. The summed E-state index contributed by atoms with van der Waals surface area (Å²) in [7, 11) is 2.93. The highest BCUT2D eigenvalue weighted by Gasteiger charge is 2.58. The summed E-state index contributed by atoms with van der Waals surface area (Å²) in [5.74, 6) is -7.60. The van der Waals surface area contributed by atoms with Crippen LogP contribution in [0.5, 0.6) is 0 Å². The molecule has 5 aliphatic carbocycles. The van der Waals surface area contributed by atoms with Gasteiger partial charge >= 0.3 is 29.8 Å². The first kappa shape index (κ1) is 85.9. The lowest BCUT2D eigenvalue weighted by Crippen LogP contribution is -2.66. The molecule has 614 valence electrons. The van der Waals surface area contributed by atoms with E-state index < -0.39 is 264 Å². The van der Waals surface area contributed by atoms with Crippen LogP contribution in [0.3, 0.4) is 0 Å². The van der Waals surface area contributed by atoms with Crippen molar-refractivity contribution in [2.75, 3.05) is 40.6 Å². The highest BCUT2D eigenvalue weighted by atomic mass is 16.8. The summed E-state index contributed by atoms with van der Waals surface area (Å²) in [6.45, 7) is -3.02. The number of aliphatic hydroxyl groups excluding tert-OH is 16. The largest absolute Gasteiger partial charge is 0.481 e. The van der Waals surface area contributed by atoms with Crippen molar-refractivity contribution >= 4 is 29.8 Å². The Bertz CT molecular complexity index is 2970. The Morgan fingerprint density at radius 1 is 0.398 bits per heavy atom. The van der Waals surface area contributed by atoms with E-state index in [1.165, 1.54) is 26.4 Å². The van der Waals surface area contributed by atoms with E-state index in [1.54, 1.807) is 12.2 Å². The molecule has 10 rings (SSSR count). The number of carboxylic acid groups (broad SMARTS) is 1. The molecule has 0 spiro atoms. The van der Waals surface area contributed by atoms with Crippen LogP contribution in [0.4, 0.5) is 0 Å². The van der Waals surface area contributed by atoms with Gasteiger partial charge in [-0.1, -0.05) is 18.2 Å². The summed E-state index contributed by atoms with van der Waals surface area (Å²) < 4.78 is 89.0. The quantitative estimate of drug-likeness (QED) is 0.0158. The molecule has 0 radical (unpaired) electrons. The molecule has 15 unspecified atom stereocenters. The molecule has 5 aliphatic heterocycles. The van der Waals surface area contributed by atoms with Crippen LogP contribution in [0.15, 0.2) is 36.5 Å². The van der Waals surface area contributed by atoms with Crippen LogP contribution in [-0.2, 0) is 95.0 Å². The zero-order valence-corrected chi connectivity index (χ0v) is 59.9. The first-order valence-electron chi connectivity index (χ1n) is 37.2. The molecular weight excluding hydrogens is 1440 g/mol. The number of fused-ring (bicyclic) bond motifs is 1. The minimum absolute atomic E-state index is 0.0309. The first-order valence-corrected chi connectivity index (χ1v) is 37.2. The van der Waals surface area contributed by atoms with E-state index in [0.717, 1.165) is 12.2 Å². The van der Waals surface area contributed by atoms with Crippen molar-refractivity contribution in [3.63, 3.8) is 0 Å². The van der Waals surface area contributed by atoms with Crippen LogP contribution >= 0.6 is 0 Å². The molecule has 0 bridgehead atoms. The number of ether oxygens (including phenoxy) is 15. The standard InChI is InChI=1S/C71H108O37/c1-94-43-19-31(5-13-38(43)75)8-17-52(81)96-27-47-56(85)59(88)63(92)68(104-47)99-35-11-3-30(4-12-35)7-16-51(80)97-28-49-58(87)62(91)67(108-71-66(61(90)55(84)46(26-72)103-71)107-53(82)18-9-32-6-14-39(76)44(20-32)95-2)70(106-49)102-45-24-36-41(100-65(45)33-10-15-37(74)40(77)21-33)22-34(73)23-42(36)101-69-64(93)60(89)57(86)48(105-69)29-98-54(83)25-50(78)79/h7-9,16-18,30-49,55-77,84-93H,3-6,10-15,19-29H2,1-2H3,(H,78,79)/t30?,31?,32?,33?,34?,35?,36?,37?,38?,39?,40?,41?,42?,43?,44?,45?,46-,47-,48-,49-,55-,56-,57-,58-,59+,60+,61+,62+,63-,64-,65?,66-,67-,68-,69-,70-,71+/m1/s1. The summed E-state index contributed by atoms with van der Waals surface area (Å²) >= 11 is 0. The molecule has 5 heterocycles. The average molecular weight is 1550 g/mol. The van der Waals surface area contributed by atoms with Crippen molar-refractivity contribution in [3.05, 3.63) is 36.5 Å². The second-order valence-corrected chi connectivity index (χ2v) is 30.1. The van der Waals surface area contributed by atoms with Crippen LogP contribution in [-0.4, -0.2) is 353 Å². The predicted molar refractivity (Wildman–Crippen MR) is 355 cm³/mol. The van der Waals surface area contributed by atoms with E-state index in [9.17, 15) is 106 Å². The maximum absolute atomic E-state index is 13.7. The maximum Gasteiger partial charge on any atom is 0.330 e. The number of aliphatic hydroxyl groups is 16. The number of hydrogen-bond donors (Lipinski definition) is 17. The molecule has 10 fully saturated rings. The summed E-state index contributed by atoms with van der Waals surface area (Å²) in [5, 5.41) is 186. The lowest BCUT2D eigenvalue weighted by atomic mass is 9.72. The Kier molecular flexibility index (Phi) is 31.4. The lowest BCUT2D eigenvalue weighted by Gasteiger charge is -2.53. The van der Waals surface area contributed by atoms with Gasteiger partial charge in [0.1, 0.15) is 118 Å². The van der Waals surface area contributed by atoms with Gasteiger partial charge in [0.2, 0.25) is 0 Å². The van der Waals surface area contributed by atoms with Crippen molar-refractivity contribution in [1.29, 1.82) is 0 Å². The molecule has 5 saturated heterocycles. The molecule has 108 heavy (non-hydrogen) atoms. The summed E-state index contributed by atoms with van der Waals surface area (Å²) in [6, 6.07) is 0. The number of rotatable bonds is 27. The van der Waals surface area contributed by atoms with Crippen LogP contribution in [0.2, 0.25) is 0 Å². The van der Waals surface area contributed by atoms with Crippen LogP contribution in [0.25, 0.3) is 0 Å².